The van der Waals surface area contributed by atoms with E-state index in [4.69, 9.17) is 4.74 Å². The van der Waals surface area contributed by atoms with Gasteiger partial charge < -0.3 is 19.6 Å². The molecule has 2 aliphatic heterocycles. The third-order valence-corrected chi connectivity index (χ3v) is 5.72. The van der Waals surface area contributed by atoms with E-state index in [-0.39, 0.29) is 0 Å². The Labute approximate surface area is 164 Å². The van der Waals surface area contributed by atoms with E-state index < -0.39 is 6.10 Å². The van der Waals surface area contributed by atoms with E-state index in [1.54, 1.807) is 6.33 Å². The van der Waals surface area contributed by atoms with E-state index in [9.17, 15) is 5.11 Å². The minimum absolute atomic E-state index is 0.432. The smallest absolute Gasteiger partial charge is 0.140 e. The number of anilines is 2. The van der Waals surface area contributed by atoms with Gasteiger partial charge in [0.05, 0.1) is 24.8 Å². The highest BCUT2D eigenvalue weighted by molar-refractivity contribution is 5.92. The van der Waals surface area contributed by atoms with Gasteiger partial charge in [-0.25, -0.2) is 9.97 Å². The predicted octanol–water partition coefficient (Wildman–Crippen LogP) is 2.91. The highest BCUT2D eigenvalue weighted by atomic mass is 16.5. The first-order valence-electron chi connectivity index (χ1n) is 9.88. The third-order valence-electron chi connectivity index (χ3n) is 5.72. The molecular weight excluding hydrogens is 352 g/mol. The second-order valence-electron chi connectivity index (χ2n) is 7.42. The van der Waals surface area contributed by atoms with Gasteiger partial charge in [-0.05, 0) is 35.7 Å². The number of morpholine rings is 1. The number of aliphatic hydroxyl groups excluding tert-OH is 1. The van der Waals surface area contributed by atoms with E-state index in [1.165, 1.54) is 5.69 Å². The van der Waals surface area contributed by atoms with Crippen LogP contribution in [0.25, 0.3) is 10.9 Å². The number of fused-ring (bicyclic) bond motifs is 2. The van der Waals surface area contributed by atoms with Crippen LogP contribution >= 0.6 is 0 Å². The molecule has 6 nitrogen and oxygen atoms in total. The van der Waals surface area contributed by atoms with Gasteiger partial charge in [-0.15, -0.1) is 0 Å². The molecule has 1 fully saturated rings. The molecule has 0 aliphatic carbocycles. The van der Waals surface area contributed by atoms with E-state index >= 15 is 0 Å². The van der Waals surface area contributed by atoms with Crippen molar-refractivity contribution in [2.24, 2.45) is 0 Å². The molecule has 3 heterocycles. The molecule has 3 aromatic rings. The van der Waals surface area contributed by atoms with Crippen LogP contribution in [0.2, 0.25) is 0 Å². The zero-order valence-electron chi connectivity index (χ0n) is 15.8. The largest absolute Gasteiger partial charge is 0.388 e. The zero-order valence-corrected chi connectivity index (χ0v) is 15.8. The van der Waals surface area contributed by atoms with Crippen molar-refractivity contribution in [2.45, 2.75) is 19.1 Å². The van der Waals surface area contributed by atoms with E-state index in [2.05, 4.69) is 44.0 Å². The molecule has 144 valence electrons. The maximum atomic E-state index is 10.6. The standard InChI is InChI=1S/C22H24N4O2/c27-21-7-8-26(14-16-3-1-2-4-18(16)21)22-19-13-17(25-9-11-28-12-10-25)5-6-20(19)23-15-24-22/h1-6,13,15,21,27H,7-12,14H2. The molecule has 1 aromatic heterocycles. The number of aromatic nitrogens is 2. The Morgan fingerprint density at radius 3 is 2.71 bits per heavy atom. The number of rotatable bonds is 2. The first-order valence-corrected chi connectivity index (χ1v) is 9.88. The molecule has 2 aliphatic rings. The molecule has 0 spiro atoms. The normalized spacial score (nSPS) is 20.1. The van der Waals surface area contributed by atoms with E-state index in [1.807, 2.05) is 18.2 Å². The topological polar surface area (TPSA) is 61.7 Å². The highest BCUT2D eigenvalue weighted by Gasteiger charge is 2.23. The van der Waals surface area contributed by atoms with Crippen molar-refractivity contribution in [3.8, 4) is 0 Å². The lowest BCUT2D eigenvalue weighted by Crippen LogP contribution is -2.36. The van der Waals surface area contributed by atoms with Crippen molar-refractivity contribution in [3.63, 3.8) is 0 Å². The van der Waals surface area contributed by atoms with Crippen molar-refractivity contribution in [1.82, 2.24) is 9.97 Å². The minimum Gasteiger partial charge on any atom is -0.388 e. The molecule has 1 N–H and O–H groups in total. The van der Waals surface area contributed by atoms with Gasteiger partial charge in [0.2, 0.25) is 0 Å². The van der Waals surface area contributed by atoms with Crippen molar-refractivity contribution >= 4 is 22.4 Å². The number of benzene rings is 2. The maximum Gasteiger partial charge on any atom is 0.140 e. The van der Waals surface area contributed by atoms with Crippen LogP contribution in [0.5, 0.6) is 0 Å². The molecule has 6 heteroatoms. The van der Waals surface area contributed by atoms with Gasteiger partial charge in [0.1, 0.15) is 12.1 Å². The summed E-state index contributed by atoms with van der Waals surface area (Å²) in [6.45, 7) is 4.81. The lowest BCUT2D eigenvalue weighted by molar-refractivity contribution is 0.122. The van der Waals surface area contributed by atoms with Crippen LogP contribution in [0.3, 0.4) is 0 Å². The summed E-state index contributed by atoms with van der Waals surface area (Å²) in [6.07, 6.45) is 1.89. The Kier molecular flexibility index (Phi) is 4.58. The van der Waals surface area contributed by atoms with Gasteiger partial charge in [-0.1, -0.05) is 24.3 Å². The van der Waals surface area contributed by atoms with Crippen LogP contribution in [0.1, 0.15) is 23.7 Å². The molecule has 1 atom stereocenters. The van der Waals surface area contributed by atoms with Crippen LogP contribution in [-0.2, 0) is 11.3 Å². The molecule has 0 saturated carbocycles. The lowest BCUT2D eigenvalue weighted by Gasteiger charge is -2.29. The maximum absolute atomic E-state index is 10.6. The summed E-state index contributed by atoms with van der Waals surface area (Å²) in [5.41, 5.74) is 4.31. The van der Waals surface area contributed by atoms with Crippen LogP contribution in [0.4, 0.5) is 11.5 Å². The Morgan fingerprint density at radius 2 is 1.82 bits per heavy atom. The SMILES string of the molecule is OC1CCN(c2ncnc3ccc(N4CCOCC4)cc23)Cc2ccccc21. The molecule has 1 saturated heterocycles. The first kappa shape index (κ1) is 17.4. The summed E-state index contributed by atoms with van der Waals surface area (Å²) < 4.78 is 5.49. The van der Waals surface area contributed by atoms with Gasteiger partial charge in [0, 0.05) is 37.3 Å². The Hall–Kier alpha value is -2.70. The Balaban J connectivity index is 1.55. The average Bonchev–Trinajstić information content (AvgIpc) is 2.93. The van der Waals surface area contributed by atoms with Crippen LogP contribution in [-0.4, -0.2) is 47.9 Å². The molecule has 5 rings (SSSR count). The van der Waals surface area contributed by atoms with Gasteiger partial charge in [-0.3, -0.25) is 0 Å². The number of hydrogen-bond donors (Lipinski definition) is 1. The summed E-state index contributed by atoms with van der Waals surface area (Å²) in [5, 5.41) is 11.6. The van der Waals surface area contributed by atoms with Crippen molar-refractivity contribution in [2.75, 3.05) is 42.6 Å². The van der Waals surface area contributed by atoms with Crippen molar-refractivity contribution in [1.29, 1.82) is 0 Å². The molecule has 0 bridgehead atoms. The fourth-order valence-corrected chi connectivity index (χ4v) is 4.20. The summed E-state index contributed by atoms with van der Waals surface area (Å²) in [7, 11) is 0. The second kappa shape index (κ2) is 7.37. The third kappa shape index (κ3) is 3.19. The minimum atomic E-state index is -0.432. The van der Waals surface area contributed by atoms with Crippen LogP contribution in [0, 0.1) is 0 Å². The molecule has 2 aromatic carbocycles. The molecule has 0 amide bonds. The van der Waals surface area contributed by atoms with Crippen molar-refractivity contribution in [3.05, 3.63) is 59.9 Å². The number of nitrogens with zero attached hydrogens (tertiary/aromatic N) is 4. The predicted molar refractivity (Wildman–Crippen MR) is 110 cm³/mol. The summed E-state index contributed by atoms with van der Waals surface area (Å²) >= 11 is 0. The zero-order chi connectivity index (χ0) is 18.9. The molecule has 0 radical (unpaired) electrons. The fourth-order valence-electron chi connectivity index (χ4n) is 4.20. The van der Waals surface area contributed by atoms with Gasteiger partial charge >= 0.3 is 0 Å². The highest BCUT2D eigenvalue weighted by Crippen LogP contribution is 2.33. The quantitative estimate of drug-likeness (QED) is 0.742. The van der Waals surface area contributed by atoms with Gasteiger partial charge in [-0.2, -0.15) is 0 Å². The monoisotopic (exact) mass is 376 g/mol. The number of hydrogen-bond acceptors (Lipinski definition) is 6. The number of aliphatic hydroxyl groups is 1. The molecule has 28 heavy (non-hydrogen) atoms. The fraction of sp³-hybridized carbons (Fsp3) is 0.364. The van der Waals surface area contributed by atoms with Crippen LogP contribution in [0.15, 0.2) is 48.8 Å². The summed E-state index contributed by atoms with van der Waals surface area (Å²) in [6, 6.07) is 14.6. The Bertz CT molecular complexity index is 987. The van der Waals surface area contributed by atoms with Gasteiger partial charge in [0.25, 0.3) is 0 Å². The van der Waals surface area contributed by atoms with E-state index in [0.717, 1.165) is 67.2 Å². The first-order chi connectivity index (χ1) is 13.8. The van der Waals surface area contributed by atoms with Crippen molar-refractivity contribution < 1.29 is 9.84 Å². The van der Waals surface area contributed by atoms with Gasteiger partial charge in [0.15, 0.2) is 0 Å². The summed E-state index contributed by atoms with van der Waals surface area (Å²) in [4.78, 5) is 13.7. The number of ether oxygens (including phenoxy) is 1. The van der Waals surface area contributed by atoms with E-state index in [0.29, 0.717) is 6.42 Å². The lowest BCUT2D eigenvalue weighted by atomic mass is 10.0. The second-order valence-corrected chi connectivity index (χ2v) is 7.42. The molecular formula is C22H24N4O2. The average molecular weight is 376 g/mol. The summed E-state index contributed by atoms with van der Waals surface area (Å²) in [5.74, 6) is 0.934. The Morgan fingerprint density at radius 1 is 0.964 bits per heavy atom. The van der Waals surface area contributed by atoms with Crippen LogP contribution < -0.4 is 9.80 Å². The molecule has 1 unspecified atom stereocenters.